The number of carboxylic acids is 1. The van der Waals surface area contributed by atoms with Gasteiger partial charge in [-0.05, 0) is 31.4 Å². The van der Waals surface area contributed by atoms with Crippen molar-refractivity contribution in [1.29, 1.82) is 0 Å². The summed E-state index contributed by atoms with van der Waals surface area (Å²) in [6.07, 6.45) is 1.58. The summed E-state index contributed by atoms with van der Waals surface area (Å²) in [5.41, 5.74) is 1.90. The summed E-state index contributed by atoms with van der Waals surface area (Å²) in [5, 5.41) is 11.5. The maximum atomic E-state index is 13.0. The summed E-state index contributed by atoms with van der Waals surface area (Å²) < 4.78 is 2.99. The molecule has 4 rings (SSSR count). The molecule has 2 aliphatic rings. The molecule has 1 unspecified atom stereocenters. The Bertz CT molecular complexity index is 1030. The number of carbonyl (C=O) groups is 3. The Morgan fingerprint density at radius 2 is 1.86 bits per heavy atom. The van der Waals surface area contributed by atoms with Gasteiger partial charge in [0.05, 0.1) is 22.6 Å². The van der Waals surface area contributed by atoms with E-state index in [2.05, 4.69) is 10.2 Å². The predicted octanol–water partition coefficient (Wildman–Crippen LogP) is 0.619. The molecule has 1 aromatic heterocycles. The minimum Gasteiger partial charge on any atom is -0.481 e. The van der Waals surface area contributed by atoms with E-state index in [4.69, 9.17) is 0 Å². The Labute approximate surface area is 160 Å². The fraction of sp³-hybridized carbons (Fsp3) is 0.474. The van der Waals surface area contributed by atoms with E-state index in [0.29, 0.717) is 37.0 Å². The third kappa shape index (κ3) is 2.87. The average Bonchev–Trinajstić information content (AvgIpc) is 2.93. The second kappa shape index (κ2) is 6.81. The highest BCUT2D eigenvalue weighted by Crippen LogP contribution is 2.32. The number of piperidine rings is 2. The van der Waals surface area contributed by atoms with Gasteiger partial charge in [0.1, 0.15) is 6.04 Å². The maximum absolute atomic E-state index is 13.0. The average molecular weight is 386 g/mol. The lowest BCUT2D eigenvalue weighted by molar-refractivity contribution is -0.142. The number of aromatic nitrogens is 2. The van der Waals surface area contributed by atoms with E-state index in [1.165, 1.54) is 9.13 Å². The summed E-state index contributed by atoms with van der Waals surface area (Å²) in [6, 6.07) is 4.83. The van der Waals surface area contributed by atoms with Crippen molar-refractivity contribution in [3.8, 4) is 0 Å². The first-order valence-electron chi connectivity index (χ1n) is 9.40. The molecular weight excluding hydrogens is 364 g/mol. The number of benzene rings is 1. The van der Waals surface area contributed by atoms with E-state index in [1.54, 1.807) is 13.1 Å². The first-order valence-corrected chi connectivity index (χ1v) is 9.40. The van der Waals surface area contributed by atoms with Gasteiger partial charge < -0.3 is 10.0 Å². The van der Waals surface area contributed by atoms with E-state index < -0.39 is 17.9 Å². The van der Waals surface area contributed by atoms with E-state index in [0.717, 1.165) is 5.69 Å². The number of aliphatic carboxylic acids is 1. The van der Waals surface area contributed by atoms with Crippen LogP contribution in [0.5, 0.6) is 0 Å². The van der Waals surface area contributed by atoms with E-state index in [1.807, 2.05) is 12.1 Å². The number of para-hydroxylation sites is 1. The smallest absolute Gasteiger partial charge is 0.329 e. The van der Waals surface area contributed by atoms with Crippen molar-refractivity contribution < 1.29 is 19.5 Å². The highest BCUT2D eigenvalue weighted by molar-refractivity contribution is 6.00. The van der Waals surface area contributed by atoms with Gasteiger partial charge >= 0.3 is 11.7 Å². The van der Waals surface area contributed by atoms with Gasteiger partial charge in [-0.1, -0.05) is 6.07 Å². The molecule has 1 aromatic carbocycles. The third-order valence-corrected chi connectivity index (χ3v) is 5.79. The number of nitrogens with one attached hydrogen (secondary N) is 1. The van der Waals surface area contributed by atoms with Crippen molar-refractivity contribution in [2.24, 2.45) is 13.0 Å². The van der Waals surface area contributed by atoms with Gasteiger partial charge in [-0.3, -0.25) is 28.8 Å². The lowest BCUT2D eigenvalue weighted by Gasteiger charge is -2.32. The number of hydrogen-bond acceptors (Lipinski definition) is 5. The highest BCUT2D eigenvalue weighted by atomic mass is 16.4. The second-order valence-electron chi connectivity index (χ2n) is 7.42. The predicted molar refractivity (Wildman–Crippen MR) is 101 cm³/mol. The minimum atomic E-state index is -0.769. The third-order valence-electron chi connectivity index (χ3n) is 5.79. The van der Waals surface area contributed by atoms with Gasteiger partial charge in [0.15, 0.2) is 0 Å². The molecule has 2 N–H and O–H groups in total. The molecule has 0 bridgehead atoms. The number of aryl methyl sites for hydroxylation is 1. The van der Waals surface area contributed by atoms with Crippen molar-refractivity contribution in [3.05, 3.63) is 28.7 Å². The molecule has 28 heavy (non-hydrogen) atoms. The normalized spacial score (nSPS) is 21.2. The maximum Gasteiger partial charge on any atom is 0.329 e. The first kappa shape index (κ1) is 18.3. The fourth-order valence-electron chi connectivity index (χ4n) is 4.27. The number of imidazole rings is 1. The number of imide groups is 1. The molecule has 1 atom stereocenters. The first-order chi connectivity index (χ1) is 13.4. The molecule has 3 heterocycles. The fourth-order valence-corrected chi connectivity index (χ4v) is 4.27. The molecule has 2 saturated heterocycles. The van der Waals surface area contributed by atoms with Crippen LogP contribution in [0.15, 0.2) is 23.0 Å². The summed E-state index contributed by atoms with van der Waals surface area (Å²) in [7, 11) is 1.67. The number of amides is 2. The number of anilines is 1. The van der Waals surface area contributed by atoms with Gasteiger partial charge in [0.25, 0.3) is 0 Å². The molecule has 9 heteroatoms. The summed E-state index contributed by atoms with van der Waals surface area (Å²) in [4.78, 5) is 50.1. The SMILES string of the molecule is Cn1c(=O)n(C2CCC(=O)NC2=O)c2cccc(N3CCC(C(=O)O)CC3)c21. The van der Waals surface area contributed by atoms with Gasteiger partial charge in [0, 0.05) is 26.6 Å². The Morgan fingerprint density at radius 1 is 1.14 bits per heavy atom. The summed E-state index contributed by atoms with van der Waals surface area (Å²) in [5.74, 6) is -1.89. The Kier molecular flexibility index (Phi) is 4.44. The van der Waals surface area contributed by atoms with Crippen molar-refractivity contribution in [2.75, 3.05) is 18.0 Å². The Balaban J connectivity index is 1.76. The molecule has 2 fully saturated rings. The molecule has 2 aliphatic heterocycles. The number of rotatable bonds is 3. The van der Waals surface area contributed by atoms with Crippen LogP contribution in [-0.4, -0.2) is 45.1 Å². The van der Waals surface area contributed by atoms with Crippen LogP contribution in [0, 0.1) is 5.92 Å². The number of carboxylic acid groups (broad SMARTS) is 1. The topological polar surface area (TPSA) is 114 Å². The van der Waals surface area contributed by atoms with Gasteiger partial charge in [-0.2, -0.15) is 0 Å². The summed E-state index contributed by atoms with van der Waals surface area (Å²) >= 11 is 0. The molecule has 148 valence electrons. The van der Waals surface area contributed by atoms with Crippen molar-refractivity contribution in [3.63, 3.8) is 0 Å². The van der Waals surface area contributed by atoms with Gasteiger partial charge in [0.2, 0.25) is 11.8 Å². The van der Waals surface area contributed by atoms with Crippen LogP contribution >= 0.6 is 0 Å². The Morgan fingerprint density at radius 3 is 2.50 bits per heavy atom. The second-order valence-corrected chi connectivity index (χ2v) is 7.42. The van der Waals surface area contributed by atoms with E-state index in [-0.39, 0.29) is 30.4 Å². The molecule has 0 aliphatic carbocycles. The zero-order valence-electron chi connectivity index (χ0n) is 15.6. The van der Waals surface area contributed by atoms with Gasteiger partial charge in [-0.25, -0.2) is 4.79 Å². The van der Waals surface area contributed by atoms with Crippen LogP contribution in [0.25, 0.3) is 11.0 Å². The van der Waals surface area contributed by atoms with E-state index >= 15 is 0 Å². The number of hydrogen-bond donors (Lipinski definition) is 2. The number of carbonyl (C=O) groups excluding carboxylic acids is 2. The van der Waals surface area contributed by atoms with Crippen LogP contribution in [-0.2, 0) is 21.4 Å². The minimum absolute atomic E-state index is 0.196. The lowest BCUT2D eigenvalue weighted by atomic mass is 9.96. The Hall–Kier alpha value is -3.10. The highest BCUT2D eigenvalue weighted by Gasteiger charge is 2.32. The quantitative estimate of drug-likeness (QED) is 0.748. The molecule has 0 saturated carbocycles. The standard InChI is InChI=1S/C19H22N4O5/c1-21-16-12(22-9-7-11(8-10-22)18(26)27)3-2-4-13(16)23(19(21)28)14-5-6-15(24)20-17(14)25/h2-4,11,14H,5-10H2,1H3,(H,26,27)(H,20,24,25). The van der Waals surface area contributed by atoms with Crippen LogP contribution < -0.4 is 15.9 Å². The van der Waals surface area contributed by atoms with Crippen LogP contribution in [0.4, 0.5) is 5.69 Å². The van der Waals surface area contributed by atoms with Gasteiger partial charge in [-0.15, -0.1) is 0 Å². The molecule has 0 radical (unpaired) electrons. The molecule has 0 spiro atoms. The molecule has 2 amide bonds. The van der Waals surface area contributed by atoms with E-state index in [9.17, 15) is 24.3 Å². The summed E-state index contributed by atoms with van der Waals surface area (Å²) in [6.45, 7) is 1.18. The molecule has 9 nitrogen and oxygen atoms in total. The van der Waals surface area contributed by atoms with Crippen LogP contribution in [0.3, 0.4) is 0 Å². The molecule has 2 aromatic rings. The van der Waals surface area contributed by atoms with Crippen molar-refractivity contribution in [2.45, 2.75) is 31.7 Å². The van der Waals surface area contributed by atoms with Crippen LogP contribution in [0.1, 0.15) is 31.7 Å². The number of fused-ring (bicyclic) bond motifs is 1. The zero-order valence-corrected chi connectivity index (χ0v) is 15.6. The largest absolute Gasteiger partial charge is 0.481 e. The monoisotopic (exact) mass is 386 g/mol. The molecular formula is C19H22N4O5. The van der Waals surface area contributed by atoms with Crippen molar-refractivity contribution in [1.82, 2.24) is 14.5 Å². The lowest BCUT2D eigenvalue weighted by Crippen LogP contribution is -2.44. The number of nitrogens with zero attached hydrogens (tertiary/aromatic N) is 3. The van der Waals surface area contributed by atoms with Crippen molar-refractivity contribution >= 4 is 34.5 Å². The van der Waals surface area contributed by atoms with Crippen LogP contribution in [0.2, 0.25) is 0 Å². The zero-order chi connectivity index (χ0) is 20.0.